The number of hydrogen-bond acceptors (Lipinski definition) is 3. The molecule has 6 heteroatoms. The van der Waals surface area contributed by atoms with E-state index in [-0.39, 0.29) is 11.5 Å². The van der Waals surface area contributed by atoms with Crippen molar-refractivity contribution < 1.29 is 4.79 Å². The van der Waals surface area contributed by atoms with Crippen molar-refractivity contribution >= 4 is 22.6 Å². The summed E-state index contributed by atoms with van der Waals surface area (Å²) in [7, 11) is 1.72. The van der Waals surface area contributed by atoms with E-state index >= 15 is 0 Å². The Kier molecular flexibility index (Phi) is 4.78. The summed E-state index contributed by atoms with van der Waals surface area (Å²) in [4.78, 5) is 33.1. The van der Waals surface area contributed by atoms with Gasteiger partial charge in [-0.3, -0.25) is 9.59 Å². The Labute approximate surface area is 174 Å². The highest BCUT2D eigenvalue weighted by Gasteiger charge is 2.30. The third-order valence-electron chi connectivity index (χ3n) is 5.55. The van der Waals surface area contributed by atoms with Crippen LogP contribution in [0, 0.1) is 6.92 Å². The number of fused-ring (bicyclic) bond motifs is 1. The number of amides is 1. The average Bonchev–Trinajstić information content (AvgIpc) is 3.23. The lowest BCUT2D eigenvalue weighted by Gasteiger charge is -2.24. The SMILES string of the molecule is Cc1ccc(NC(=O)C(C)(C)c2ccccc2)nc1-c1cn(C)c(=O)c2[nH]ccc12. The van der Waals surface area contributed by atoms with Gasteiger partial charge in [-0.15, -0.1) is 0 Å². The van der Waals surface area contributed by atoms with Crippen molar-refractivity contribution in [1.82, 2.24) is 14.5 Å². The average molecular weight is 400 g/mol. The number of aryl methyl sites for hydroxylation is 2. The van der Waals surface area contributed by atoms with E-state index in [1.54, 1.807) is 30.1 Å². The van der Waals surface area contributed by atoms with E-state index in [0.717, 1.165) is 27.8 Å². The predicted octanol–water partition coefficient (Wildman–Crippen LogP) is 4.15. The molecule has 1 amide bonds. The van der Waals surface area contributed by atoms with Crippen LogP contribution in [0.2, 0.25) is 0 Å². The molecule has 3 heterocycles. The molecule has 0 bridgehead atoms. The summed E-state index contributed by atoms with van der Waals surface area (Å²) in [6.45, 7) is 5.75. The van der Waals surface area contributed by atoms with Gasteiger partial charge in [0.25, 0.3) is 5.56 Å². The molecule has 2 N–H and O–H groups in total. The van der Waals surface area contributed by atoms with Crippen LogP contribution in [0.5, 0.6) is 0 Å². The summed E-state index contributed by atoms with van der Waals surface area (Å²) in [5.41, 5.74) is 3.19. The van der Waals surface area contributed by atoms with Crippen molar-refractivity contribution in [2.75, 3.05) is 5.32 Å². The maximum Gasteiger partial charge on any atom is 0.274 e. The van der Waals surface area contributed by atoms with Gasteiger partial charge >= 0.3 is 0 Å². The third kappa shape index (κ3) is 3.30. The molecule has 6 nitrogen and oxygen atoms in total. The number of anilines is 1. The molecule has 30 heavy (non-hydrogen) atoms. The number of benzene rings is 1. The molecule has 0 fully saturated rings. The van der Waals surface area contributed by atoms with Gasteiger partial charge in [-0.25, -0.2) is 4.98 Å². The minimum absolute atomic E-state index is 0.0922. The van der Waals surface area contributed by atoms with Crippen LogP contribution in [0.3, 0.4) is 0 Å². The van der Waals surface area contributed by atoms with Crippen LogP contribution in [0.1, 0.15) is 25.0 Å². The van der Waals surface area contributed by atoms with Crippen molar-refractivity contribution in [1.29, 1.82) is 0 Å². The summed E-state index contributed by atoms with van der Waals surface area (Å²) < 4.78 is 1.54. The number of nitrogens with one attached hydrogen (secondary N) is 2. The molecule has 1 aromatic carbocycles. The van der Waals surface area contributed by atoms with E-state index in [2.05, 4.69) is 10.3 Å². The zero-order chi connectivity index (χ0) is 21.5. The van der Waals surface area contributed by atoms with Crippen molar-refractivity contribution in [3.8, 4) is 11.3 Å². The molecule has 0 spiro atoms. The Morgan fingerprint density at radius 1 is 1.10 bits per heavy atom. The molecule has 0 atom stereocenters. The summed E-state index contributed by atoms with van der Waals surface area (Å²) in [6, 6.07) is 15.3. The van der Waals surface area contributed by atoms with Crippen LogP contribution in [0.25, 0.3) is 22.2 Å². The highest BCUT2D eigenvalue weighted by Crippen LogP contribution is 2.30. The lowest BCUT2D eigenvalue weighted by atomic mass is 9.84. The maximum absolute atomic E-state index is 13.0. The second-order valence-electron chi connectivity index (χ2n) is 8.03. The number of hydrogen-bond donors (Lipinski definition) is 2. The monoisotopic (exact) mass is 400 g/mol. The molecule has 0 saturated carbocycles. The second kappa shape index (κ2) is 7.30. The van der Waals surface area contributed by atoms with Crippen LogP contribution in [0.15, 0.2) is 65.7 Å². The first-order chi connectivity index (χ1) is 14.3. The standard InChI is InChI=1S/C24H24N4O2/c1-15-10-11-19(27-23(30)24(2,3)16-8-6-5-7-9-16)26-20(15)18-14-28(4)22(29)21-17(18)12-13-25-21/h5-14,25H,1-4H3,(H,26,27,30). The normalized spacial score (nSPS) is 11.6. The van der Waals surface area contributed by atoms with Gasteiger partial charge in [-0.05, 0) is 44.0 Å². The smallest absolute Gasteiger partial charge is 0.274 e. The molecule has 0 saturated heterocycles. The fourth-order valence-electron chi connectivity index (χ4n) is 3.59. The van der Waals surface area contributed by atoms with Gasteiger partial charge in [0.15, 0.2) is 0 Å². The summed E-state index contributed by atoms with van der Waals surface area (Å²) in [6.07, 6.45) is 3.53. The number of carbonyl (C=O) groups excluding carboxylic acids is 1. The highest BCUT2D eigenvalue weighted by molar-refractivity contribution is 5.99. The number of aromatic amines is 1. The van der Waals surface area contributed by atoms with E-state index < -0.39 is 5.41 Å². The minimum atomic E-state index is -0.710. The van der Waals surface area contributed by atoms with E-state index in [1.165, 1.54) is 0 Å². The zero-order valence-corrected chi connectivity index (χ0v) is 17.5. The molecule has 0 aliphatic carbocycles. The van der Waals surface area contributed by atoms with Gasteiger partial charge in [0, 0.05) is 30.4 Å². The van der Waals surface area contributed by atoms with Crippen LogP contribution >= 0.6 is 0 Å². The fraction of sp³-hybridized carbons (Fsp3) is 0.208. The van der Waals surface area contributed by atoms with Gasteiger partial charge in [-0.1, -0.05) is 36.4 Å². The van der Waals surface area contributed by atoms with E-state index in [0.29, 0.717) is 11.3 Å². The molecule has 152 valence electrons. The number of pyridine rings is 2. The Morgan fingerprint density at radius 2 is 1.83 bits per heavy atom. The molecule has 0 aliphatic rings. The Morgan fingerprint density at radius 3 is 2.57 bits per heavy atom. The van der Waals surface area contributed by atoms with Crippen LogP contribution < -0.4 is 10.9 Å². The van der Waals surface area contributed by atoms with Crippen molar-refractivity contribution in [3.05, 3.63) is 82.4 Å². The minimum Gasteiger partial charge on any atom is -0.357 e. The van der Waals surface area contributed by atoms with Gasteiger partial charge in [0.05, 0.1) is 11.1 Å². The molecule has 3 aromatic heterocycles. The Balaban J connectivity index is 1.74. The number of rotatable bonds is 4. The first kappa shape index (κ1) is 19.6. The van der Waals surface area contributed by atoms with Gasteiger partial charge in [0.1, 0.15) is 11.3 Å². The van der Waals surface area contributed by atoms with Crippen LogP contribution in [-0.2, 0) is 17.3 Å². The summed E-state index contributed by atoms with van der Waals surface area (Å²) in [5, 5.41) is 3.77. The second-order valence-corrected chi connectivity index (χ2v) is 8.03. The zero-order valence-electron chi connectivity index (χ0n) is 17.5. The van der Waals surface area contributed by atoms with Gasteiger partial charge in [-0.2, -0.15) is 0 Å². The maximum atomic E-state index is 13.0. The quantitative estimate of drug-likeness (QED) is 0.540. The fourth-order valence-corrected chi connectivity index (χ4v) is 3.59. The van der Waals surface area contributed by atoms with Crippen LogP contribution in [0.4, 0.5) is 5.82 Å². The van der Waals surface area contributed by atoms with Gasteiger partial charge < -0.3 is 14.9 Å². The molecule has 0 aliphatic heterocycles. The highest BCUT2D eigenvalue weighted by atomic mass is 16.2. The first-order valence-electron chi connectivity index (χ1n) is 9.81. The van der Waals surface area contributed by atoms with E-state index in [1.807, 2.05) is 63.2 Å². The Bertz CT molecular complexity index is 1300. The summed E-state index contributed by atoms with van der Waals surface area (Å²) in [5.74, 6) is 0.338. The van der Waals surface area contributed by atoms with Crippen molar-refractivity contribution in [3.63, 3.8) is 0 Å². The molecule has 4 rings (SSSR count). The largest absolute Gasteiger partial charge is 0.357 e. The molecule has 4 aromatic rings. The van der Waals surface area contributed by atoms with E-state index in [9.17, 15) is 9.59 Å². The molecule has 0 radical (unpaired) electrons. The Hall–Kier alpha value is -3.67. The molecular formula is C24H24N4O2. The van der Waals surface area contributed by atoms with Crippen molar-refractivity contribution in [2.45, 2.75) is 26.2 Å². The lowest BCUT2D eigenvalue weighted by Crippen LogP contribution is -2.35. The predicted molar refractivity (Wildman–Crippen MR) is 120 cm³/mol. The molecular weight excluding hydrogens is 376 g/mol. The first-order valence-corrected chi connectivity index (χ1v) is 9.81. The van der Waals surface area contributed by atoms with Crippen LogP contribution in [-0.4, -0.2) is 20.4 Å². The third-order valence-corrected chi connectivity index (χ3v) is 5.55. The number of carbonyl (C=O) groups is 1. The number of H-pyrrole nitrogens is 1. The number of nitrogens with zero attached hydrogens (tertiary/aromatic N) is 2. The van der Waals surface area contributed by atoms with Gasteiger partial charge in [0.2, 0.25) is 5.91 Å². The number of aromatic nitrogens is 3. The summed E-state index contributed by atoms with van der Waals surface area (Å²) >= 11 is 0. The lowest BCUT2D eigenvalue weighted by molar-refractivity contribution is -0.120. The van der Waals surface area contributed by atoms with Crippen molar-refractivity contribution in [2.24, 2.45) is 7.05 Å². The molecule has 0 unspecified atom stereocenters. The van der Waals surface area contributed by atoms with E-state index in [4.69, 9.17) is 4.98 Å². The topological polar surface area (TPSA) is 79.8 Å².